The molecule has 44 heavy (non-hydrogen) atoms. The third-order valence-electron chi connectivity index (χ3n) is 8.38. The number of hydrogen-bond acceptors (Lipinski definition) is 7. The van der Waals surface area contributed by atoms with Crippen LogP contribution >= 0.6 is 0 Å². The number of fused-ring (bicyclic) bond motifs is 1. The molecule has 4 aromatic rings. The minimum atomic E-state index is -0.600. The van der Waals surface area contributed by atoms with Crippen LogP contribution in [0.5, 0.6) is 0 Å². The molecule has 2 aromatic carbocycles. The number of carbonyl (C=O) groups is 1. The van der Waals surface area contributed by atoms with Crippen LogP contribution in [-0.2, 0) is 27.1 Å². The average molecular weight is 600 g/mol. The van der Waals surface area contributed by atoms with E-state index in [-0.39, 0.29) is 30.1 Å². The fourth-order valence-electron chi connectivity index (χ4n) is 6.18. The number of benzene rings is 2. The van der Waals surface area contributed by atoms with E-state index in [4.69, 9.17) is 9.47 Å². The minimum absolute atomic E-state index is 0.103. The summed E-state index contributed by atoms with van der Waals surface area (Å²) in [5.74, 6) is -0.301. The van der Waals surface area contributed by atoms with E-state index in [2.05, 4.69) is 16.2 Å². The Morgan fingerprint density at radius 1 is 1.14 bits per heavy atom. The van der Waals surface area contributed by atoms with E-state index in [0.717, 1.165) is 12.1 Å². The number of rotatable bonds is 11. The van der Waals surface area contributed by atoms with Gasteiger partial charge in [0.2, 0.25) is 5.78 Å². The molecule has 1 aliphatic rings. The standard InChI is InChI=1S/C34H38FN5O4/c1-4-9-30-28(18-23-13-12-22(19-29(23)35)27-11-8-7-10-24(27)20-36)32(41)39(34-37-21-38-40(30)34)25-14-16-26(17-15-25)44-31(5-2)33(42)43-6-3/h7-8,10-13,19,21,25-26,31H,4-6,9,14-18H2,1-3H3/t25-,26-,31?. The quantitative estimate of drug-likeness (QED) is 0.196. The van der Waals surface area contributed by atoms with Gasteiger partial charge in [-0.15, -0.1) is 0 Å². The molecule has 9 nitrogen and oxygen atoms in total. The van der Waals surface area contributed by atoms with E-state index in [0.29, 0.717) is 78.7 Å². The van der Waals surface area contributed by atoms with Crippen molar-refractivity contribution >= 4 is 11.7 Å². The Bertz CT molecular complexity index is 1730. The van der Waals surface area contributed by atoms with Crippen molar-refractivity contribution in [1.82, 2.24) is 19.2 Å². The van der Waals surface area contributed by atoms with E-state index in [9.17, 15) is 14.9 Å². The van der Waals surface area contributed by atoms with Crippen LogP contribution in [0.1, 0.15) is 87.7 Å². The monoisotopic (exact) mass is 599 g/mol. The van der Waals surface area contributed by atoms with Gasteiger partial charge in [-0.25, -0.2) is 13.7 Å². The van der Waals surface area contributed by atoms with Gasteiger partial charge in [-0.1, -0.05) is 50.6 Å². The molecule has 2 aromatic heterocycles. The van der Waals surface area contributed by atoms with Crippen molar-refractivity contribution in [3.05, 3.63) is 87.3 Å². The third-order valence-corrected chi connectivity index (χ3v) is 8.38. The number of hydrogen-bond donors (Lipinski definition) is 0. The highest BCUT2D eigenvalue weighted by molar-refractivity contribution is 5.74. The second-order valence-electron chi connectivity index (χ2n) is 11.2. The van der Waals surface area contributed by atoms with Crippen LogP contribution in [0.4, 0.5) is 4.39 Å². The van der Waals surface area contributed by atoms with E-state index in [1.807, 2.05) is 19.9 Å². The van der Waals surface area contributed by atoms with E-state index >= 15 is 4.39 Å². The van der Waals surface area contributed by atoms with Gasteiger partial charge < -0.3 is 9.47 Å². The van der Waals surface area contributed by atoms with Gasteiger partial charge in [0, 0.05) is 18.0 Å². The largest absolute Gasteiger partial charge is 0.464 e. The summed E-state index contributed by atoms with van der Waals surface area (Å²) in [5.41, 5.74) is 3.17. The third kappa shape index (κ3) is 6.29. The fourth-order valence-corrected chi connectivity index (χ4v) is 6.18. The van der Waals surface area contributed by atoms with Crippen molar-refractivity contribution in [2.24, 2.45) is 0 Å². The zero-order valence-corrected chi connectivity index (χ0v) is 25.5. The molecule has 10 heteroatoms. The number of carbonyl (C=O) groups excluding carboxylic acids is 1. The second-order valence-corrected chi connectivity index (χ2v) is 11.2. The molecule has 230 valence electrons. The highest BCUT2D eigenvalue weighted by atomic mass is 19.1. The Morgan fingerprint density at radius 2 is 1.91 bits per heavy atom. The summed E-state index contributed by atoms with van der Waals surface area (Å²) in [4.78, 5) is 31.0. The molecule has 0 amide bonds. The molecule has 0 aliphatic heterocycles. The first-order valence-corrected chi connectivity index (χ1v) is 15.5. The highest BCUT2D eigenvalue weighted by Crippen LogP contribution is 2.32. The number of aromatic nitrogens is 4. The van der Waals surface area contributed by atoms with Gasteiger partial charge in [0.05, 0.1) is 30.0 Å². The summed E-state index contributed by atoms with van der Waals surface area (Å²) in [6, 6.07) is 14.0. The Hall–Kier alpha value is -4.36. The van der Waals surface area contributed by atoms with E-state index in [1.54, 1.807) is 46.3 Å². The fraction of sp³-hybridized carbons (Fsp3) is 0.441. The number of nitrogens with zero attached hydrogens (tertiary/aromatic N) is 5. The first-order chi connectivity index (χ1) is 21.4. The second kappa shape index (κ2) is 14.0. The van der Waals surface area contributed by atoms with Gasteiger partial charge >= 0.3 is 5.97 Å². The summed E-state index contributed by atoms with van der Waals surface area (Å²) in [6.45, 7) is 6.01. The zero-order valence-electron chi connectivity index (χ0n) is 25.5. The molecular weight excluding hydrogens is 561 g/mol. The molecule has 0 radical (unpaired) electrons. The lowest BCUT2D eigenvalue weighted by atomic mass is 9.92. The maximum Gasteiger partial charge on any atom is 0.335 e. The lowest BCUT2D eigenvalue weighted by molar-refractivity contribution is -0.162. The smallest absolute Gasteiger partial charge is 0.335 e. The van der Waals surface area contributed by atoms with Gasteiger partial charge in [0.25, 0.3) is 5.56 Å². The molecule has 0 bridgehead atoms. The average Bonchev–Trinajstić information content (AvgIpc) is 3.52. The topological polar surface area (TPSA) is 112 Å². The van der Waals surface area contributed by atoms with Gasteiger partial charge in [-0.2, -0.15) is 15.3 Å². The molecule has 0 saturated heterocycles. The molecule has 1 aliphatic carbocycles. The first kappa shape index (κ1) is 31.1. The van der Waals surface area contributed by atoms with Crippen molar-refractivity contribution in [3.8, 4) is 17.2 Å². The maximum atomic E-state index is 15.6. The number of aryl methyl sites for hydroxylation is 1. The van der Waals surface area contributed by atoms with Gasteiger partial charge in [-0.3, -0.25) is 9.36 Å². The van der Waals surface area contributed by atoms with E-state index in [1.165, 1.54) is 12.4 Å². The summed E-state index contributed by atoms with van der Waals surface area (Å²) in [6.07, 6.45) is 5.44. The maximum absolute atomic E-state index is 15.6. The summed E-state index contributed by atoms with van der Waals surface area (Å²) in [7, 11) is 0. The normalized spacial score (nSPS) is 17.3. The highest BCUT2D eigenvalue weighted by Gasteiger charge is 2.31. The van der Waals surface area contributed by atoms with Gasteiger partial charge in [0.15, 0.2) is 6.10 Å². The number of halogens is 1. The predicted octanol–water partition coefficient (Wildman–Crippen LogP) is 5.95. The molecular formula is C34H38FN5O4. The summed E-state index contributed by atoms with van der Waals surface area (Å²) >= 11 is 0. The van der Waals surface area contributed by atoms with Crippen molar-refractivity contribution in [3.63, 3.8) is 0 Å². The Morgan fingerprint density at radius 3 is 2.59 bits per heavy atom. The Labute approximate surface area is 256 Å². The van der Waals surface area contributed by atoms with Crippen LogP contribution in [0, 0.1) is 17.1 Å². The molecule has 1 saturated carbocycles. The molecule has 0 N–H and O–H groups in total. The molecule has 1 fully saturated rings. The molecule has 5 rings (SSSR count). The Kier molecular flexibility index (Phi) is 9.85. The Balaban J connectivity index is 1.45. The van der Waals surface area contributed by atoms with Crippen LogP contribution in [-0.4, -0.2) is 43.9 Å². The van der Waals surface area contributed by atoms with Crippen molar-refractivity contribution in [2.75, 3.05) is 6.61 Å². The van der Waals surface area contributed by atoms with Crippen LogP contribution in [0.2, 0.25) is 0 Å². The van der Waals surface area contributed by atoms with Crippen molar-refractivity contribution in [1.29, 1.82) is 5.26 Å². The molecule has 0 spiro atoms. The minimum Gasteiger partial charge on any atom is -0.464 e. The van der Waals surface area contributed by atoms with E-state index < -0.39 is 11.9 Å². The van der Waals surface area contributed by atoms with Crippen LogP contribution < -0.4 is 5.56 Å². The predicted molar refractivity (Wildman–Crippen MR) is 164 cm³/mol. The summed E-state index contributed by atoms with van der Waals surface area (Å²) in [5, 5.41) is 14.0. The van der Waals surface area contributed by atoms with Crippen LogP contribution in [0.25, 0.3) is 16.9 Å². The first-order valence-electron chi connectivity index (χ1n) is 15.5. The van der Waals surface area contributed by atoms with Crippen molar-refractivity contribution in [2.45, 2.75) is 90.4 Å². The summed E-state index contributed by atoms with van der Waals surface area (Å²) < 4.78 is 30.3. The lowest BCUT2D eigenvalue weighted by Gasteiger charge is -2.32. The van der Waals surface area contributed by atoms with Crippen LogP contribution in [0.3, 0.4) is 0 Å². The van der Waals surface area contributed by atoms with Crippen molar-refractivity contribution < 1.29 is 18.7 Å². The number of esters is 1. The van der Waals surface area contributed by atoms with Gasteiger partial charge in [-0.05, 0) is 74.3 Å². The molecule has 1 atom stereocenters. The number of nitriles is 1. The molecule has 2 heterocycles. The molecule has 1 unspecified atom stereocenters. The zero-order chi connectivity index (χ0) is 31.2. The van der Waals surface area contributed by atoms with Crippen LogP contribution in [0.15, 0.2) is 53.6 Å². The number of ether oxygens (including phenoxy) is 2. The SMILES string of the molecule is CCCc1c(Cc2ccc(-c3ccccc3C#N)cc2F)c(=O)n([C@H]2CC[C@H](OC(CC)C(=O)OCC)CC2)c2ncnn12. The van der Waals surface area contributed by atoms with Gasteiger partial charge in [0.1, 0.15) is 12.1 Å². The lowest BCUT2D eigenvalue weighted by Crippen LogP contribution is -2.37.